The van der Waals surface area contributed by atoms with Crippen LogP contribution in [0.2, 0.25) is 0 Å². The number of carboxylic acids is 1. The van der Waals surface area contributed by atoms with Gasteiger partial charge < -0.3 is 5.11 Å². The zero-order chi connectivity index (χ0) is 14.9. The number of aryl methyl sites for hydroxylation is 3. The van der Waals surface area contributed by atoms with Crippen LogP contribution in [0.1, 0.15) is 22.4 Å². The third-order valence-corrected chi connectivity index (χ3v) is 4.15. The van der Waals surface area contributed by atoms with Crippen molar-refractivity contribution >= 4 is 17.3 Å². The summed E-state index contributed by atoms with van der Waals surface area (Å²) in [6.07, 6.45) is -0.0476. The molecule has 0 aliphatic carbocycles. The van der Waals surface area contributed by atoms with E-state index in [2.05, 4.69) is 6.07 Å². The van der Waals surface area contributed by atoms with Gasteiger partial charge in [0.25, 0.3) is 0 Å². The van der Waals surface area contributed by atoms with Crippen LogP contribution in [0.25, 0.3) is 11.3 Å². The first-order chi connectivity index (χ1) is 9.40. The van der Waals surface area contributed by atoms with E-state index >= 15 is 0 Å². The summed E-state index contributed by atoms with van der Waals surface area (Å²) in [5.41, 5.74) is 4.10. The molecule has 0 aliphatic heterocycles. The summed E-state index contributed by atoms with van der Waals surface area (Å²) in [6, 6.07) is 6.07. The van der Waals surface area contributed by atoms with Crippen LogP contribution in [0.3, 0.4) is 0 Å². The first-order valence-corrected chi connectivity index (χ1v) is 7.21. The molecule has 0 radical (unpaired) electrons. The first-order valence-electron chi connectivity index (χ1n) is 6.40. The quantitative estimate of drug-likeness (QED) is 0.942. The third-order valence-electron chi connectivity index (χ3n) is 3.25. The van der Waals surface area contributed by atoms with Crippen LogP contribution in [-0.4, -0.2) is 15.6 Å². The van der Waals surface area contributed by atoms with E-state index in [4.69, 9.17) is 5.11 Å². The molecular formula is C15H17NO3S. The second-order valence-electron chi connectivity index (χ2n) is 4.89. The van der Waals surface area contributed by atoms with Crippen LogP contribution in [0, 0.1) is 20.8 Å². The largest absolute Gasteiger partial charge is 0.481 e. The fourth-order valence-corrected chi connectivity index (χ4v) is 3.21. The van der Waals surface area contributed by atoms with Crippen LogP contribution in [0.4, 0.5) is 0 Å². The fourth-order valence-electron chi connectivity index (χ4n) is 2.34. The molecule has 0 bridgehead atoms. The maximum Gasteiger partial charge on any atom is 0.307 e. The molecule has 0 saturated heterocycles. The second-order valence-corrected chi connectivity index (χ2v) is 6.05. The highest BCUT2D eigenvalue weighted by atomic mass is 32.1. The minimum Gasteiger partial charge on any atom is -0.481 e. The molecule has 4 nitrogen and oxygen atoms in total. The average molecular weight is 291 g/mol. The topological polar surface area (TPSA) is 59.3 Å². The molecule has 2 rings (SSSR count). The highest BCUT2D eigenvalue weighted by Crippen LogP contribution is 2.28. The Labute approximate surface area is 121 Å². The van der Waals surface area contributed by atoms with Crippen LogP contribution in [-0.2, 0) is 11.3 Å². The Morgan fingerprint density at radius 1 is 1.30 bits per heavy atom. The van der Waals surface area contributed by atoms with Crippen LogP contribution >= 0.6 is 11.3 Å². The Bertz CT molecular complexity index is 712. The second kappa shape index (κ2) is 5.63. The lowest BCUT2D eigenvalue weighted by Gasteiger charge is -2.11. The van der Waals surface area contributed by atoms with Gasteiger partial charge in [0.15, 0.2) is 0 Å². The predicted molar refractivity (Wildman–Crippen MR) is 80.5 cm³/mol. The lowest BCUT2D eigenvalue weighted by Crippen LogP contribution is -2.16. The number of nitrogens with zero attached hydrogens (tertiary/aromatic N) is 1. The van der Waals surface area contributed by atoms with Gasteiger partial charge in [0.1, 0.15) is 0 Å². The molecule has 5 heteroatoms. The van der Waals surface area contributed by atoms with Crippen molar-refractivity contribution in [3.8, 4) is 11.3 Å². The van der Waals surface area contributed by atoms with Gasteiger partial charge in [-0.3, -0.25) is 14.2 Å². The van der Waals surface area contributed by atoms with Gasteiger partial charge in [0.05, 0.1) is 12.1 Å². The highest BCUT2D eigenvalue weighted by molar-refractivity contribution is 7.09. The van der Waals surface area contributed by atoms with E-state index in [0.717, 1.165) is 21.7 Å². The first kappa shape index (κ1) is 14.5. The summed E-state index contributed by atoms with van der Waals surface area (Å²) < 4.78 is 1.58. The molecule has 0 unspecified atom stereocenters. The molecule has 0 spiro atoms. The predicted octanol–water partition coefficient (Wildman–Crippen LogP) is 2.98. The van der Waals surface area contributed by atoms with Crippen molar-refractivity contribution in [1.82, 2.24) is 4.57 Å². The lowest BCUT2D eigenvalue weighted by molar-refractivity contribution is -0.137. The molecule has 1 aromatic heterocycles. The number of benzene rings is 1. The third kappa shape index (κ3) is 2.82. The molecule has 1 aromatic carbocycles. The number of aliphatic carboxylic acids is 1. The molecular weight excluding hydrogens is 274 g/mol. The SMILES string of the molecule is Cc1ccc(-c2c(C)sc(=O)n2CCC(=O)O)c(C)c1. The van der Waals surface area contributed by atoms with E-state index < -0.39 is 5.97 Å². The smallest absolute Gasteiger partial charge is 0.307 e. The summed E-state index contributed by atoms with van der Waals surface area (Å²) in [4.78, 5) is 23.6. The molecule has 1 heterocycles. The van der Waals surface area contributed by atoms with E-state index in [0.29, 0.717) is 0 Å². The molecule has 0 saturated carbocycles. The molecule has 0 aliphatic rings. The van der Waals surface area contributed by atoms with E-state index in [1.165, 1.54) is 16.9 Å². The minimum atomic E-state index is -0.896. The molecule has 0 fully saturated rings. The molecule has 0 atom stereocenters. The van der Waals surface area contributed by atoms with Crippen molar-refractivity contribution < 1.29 is 9.90 Å². The maximum absolute atomic E-state index is 12.0. The summed E-state index contributed by atoms with van der Waals surface area (Å²) >= 11 is 1.17. The van der Waals surface area contributed by atoms with Crippen molar-refractivity contribution in [2.24, 2.45) is 0 Å². The molecule has 1 N–H and O–H groups in total. The van der Waals surface area contributed by atoms with E-state index in [9.17, 15) is 9.59 Å². The summed E-state index contributed by atoms with van der Waals surface area (Å²) in [6.45, 7) is 6.14. The van der Waals surface area contributed by atoms with Crippen molar-refractivity contribution in [2.75, 3.05) is 0 Å². The number of thiazole rings is 1. The van der Waals surface area contributed by atoms with Crippen molar-refractivity contribution in [1.29, 1.82) is 0 Å². The van der Waals surface area contributed by atoms with E-state index in [1.807, 2.05) is 32.9 Å². The summed E-state index contributed by atoms with van der Waals surface area (Å²) in [5.74, 6) is -0.896. The van der Waals surface area contributed by atoms with Crippen molar-refractivity contribution in [3.05, 3.63) is 43.9 Å². The van der Waals surface area contributed by atoms with Gasteiger partial charge in [0.2, 0.25) is 0 Å². The standard InChI is InChI=1S/C15H17NO3S/c1-9-4-5-12(10(2)8-9)14-11(3)20-15(19)16(14)7-6-13(17)18/h4-5,8H,6-7H2,1-3H3,(H,17,18). The molecule has 2 aromatic rings. The van der Waals surface area contributed by atoms with E-state index in [1.54, 1.807) is 4.57 Å². The Morgan fingerprint density at radius 3 is 2.60 bits per heavy atom. The zero-order valence-electron chi connectivity index (χ0n) is 11.8. The van der Waals surface area contributed by atoms with Gasteiger partial charge in [-0.25, -0.2) is 0 Å². The number of hydrogen-bond acceptors (Lipinski definition) is 3. The van der Waals surface area contributed by atoms with Gasteiger partial charge in [-0.05, 0) is 26.3 Å². The zero-order valence-corrected chi connectivity index (χ0v) is 12.6. The normalized spacial score (nSPS) is 10.8. The number of hydrogen-bond donors (Lipinski definition) is 1. The van der Waals surface area contributed by atoms with Crippen LogP contribution in [0.5, 0.6) is 0 Å². The van der Waals surface area contributed by atoms with Gasteiger partial charge in [-0.15, -0.1) is 0 Å². The average Bonchev–Trinajstić information content (AvgIpc) is 2.61. The van der Waals surface area contributed by atoms with Crippen molar-refractivity contribution in [2.45, 2.75) is 33.7 Å². The van der Waals surface area contributed by atoms with Gasteiger partial charge in [-0.2, -0.15) is 0 Å². The highest BCUT2D eigenvalue weighted by Gasteiger charge is 2.16. The summed E-state index contributed by atoms with van der Waals surface area (Å²) in [5, 5.41) is 8.81. The monoisotopic (exact) mass is 291 g/mol. The Hall–Kier alpha value is -1.88. The van der Waals surface area contributed by atoms with Crippen molar-refractivity contribution in [3.63, 3.8) is 0 Å². The molecule has 106 valence electrons. The van der Waals surface area contributed by atoms with Gasteiger partial charge in [0, 0.05) is 17.0 Å². The number of carbonyl (C=O) groups is 1. The van der Waals surface area contributed by atoms with E-state index in [-0.39, 0.29) is 17.8 Å². The number of carboxylic acid groups (broad SMARTS) is 1. The van der Waals surface area contributed by atoms with Gasteiger partial charge >= 0.3 is 10.8 Å². The fraction of sp³-hybridized carbons (Fsp3) is 0.333. The Kier molecular flexibility index (Phi) is 4.09. The minimum absolute atomic E-state index is 0.0476. The number of aromatic nitrogens is 1. The summed E-state index contributed by atoms with van der Waals surface area (Å²) in [7, 11) is 0. The Balaban J connectivity index is 2.55. The van der Waals surface area contributed by atoms with Crippen LogP contribution in [0.15, 0.2) is 23.0 Å². The van der Waals surface area contributed by atoms with Crippen LogP contribution < -0.4 is 4.87 Å². The maximum atomic E-state index is 12.0. The lowest BCUT2D eigenvalue weighted by atomic mass is 10.0. The molecule has 0 amide bonds. The Morgan fingerprint density at radius 2 is 2.00 bits per heavy atom. The molecule has 20 heavy (non-hydrogen) atoms. The number of rotatable bonds is 4. The van der Waals surface area contributed by atoms with Gasteiger partial charge in [-0.1, -0.05) is 35.1 Å².